The standard InChI is InChI=1S/C20H21F5N4O4S/c1-32-17-13(5-4-12(21)16(17)22)29-10-19(33-2,20(23,24)25)9-14(29)18(30)28-11-6-7-27-15(8-11)34(3,26)31/h4-8,14,26H,9-10H2,1-3H3,(H,27,28,30)/t14-,19-,34+/m0/s1/i14D. The average molecular weight is 509 g/mol. The van der Waals surface area contributed by atoms with Crippen LogP contribution in [0.3, 0.4) is 0 Å². The van der Waals surface area contributed by atoms with Gasteiger partial charge in [0.25, 0.3) is 0 Å². The van der Waals surface area contributed by atoms with Crippen LogP contribution >= 0.6 is 0 Å². The van der Waals surface area contributed by atoms with Crippen molar-refractivity contribution in [3.8, 4) is 5.75 Å². The summed E-state index contributed by atoms with van der Waals surface area (Å²) in [6.45, 7) is -1.11. The van der Waals surface area contributed by atoms with Gasteiger partial charge in [-0.3, -0.25) is 4.79 Å². The van der Waals surface area contributed by atoms with Gasteiger partial charge in [-0.1, -0.05) is 0 Å². The Morgan fingerprint density at radius 2 is 2.03 bits per heavy atom. The normalized spacial score (nSPS) is 24.9. The van der Waals surface area contributed by atoms with Gasteiger partial charge in [-0.15, -0.1) is 0 Å². The summed E-state index contributed by atoms with van der Waals surface area (Å²) in [4.78, 5) is 17.6. The maximum absolute atomic E-state index is 14.4. The van der Waals surface area contributed by atoms with Gasteiger partial charge < -0.3 is 19.7 Å². The Morgan fingerprint density at radius 3 is 2.59 bits per heavy atom. The molecule has 1 aromatic carbocycles. The predicted octanol–water partition coefficient (Wildman–Crippen LogP) is 3.57. The monoisotopic (exact) mass is 509 g/mol. The summed E-state index contributed by atoms with van der Waals surface area (Å²) in [6.07, 6.45) is -4.07. The number of rotatable bonds is 6. The molecule has 2 aromatic rings. The van der Waals surface area contributed by atoms with Gasteiger partial charge in [0.15, 0.2) is 17.2 Å². The van der Waals surface area contributed by atoms with Crippen molar-refractivity contribution in [1.82, 2.24) is 4.98 Å². The molecule has 0 unspecified atom stereocenters. The van der Waals surface area contributed by atoms with Gasteiger partial charge in [0, 0.05) is 31.7 Å². The molecule has 3 rings (SSSR count). The van der Waals surface area contributed by atoms with E-state index in [0.29, 0.717) is 11.0 Å². The molecule has 0 saturated carbocycles. The third-order valence-corrected chi connectivity index (χ3v) is 6.30. The lowest BCUT2D eigenvalue weighted by molar-refractivity contribution is -0.261. The van der Waals surface area contributed by atoms with Crippen LogP contribution in [0, 0.1) is 16.4 Å². The minimum absolute atomic E-state index is 0.0902. The van der Waals surface area contributed by atoms with Crippen LogP contribution in [-0.2, 0) is 19.3 Å². The molecule has 0 radical (unpaired) electrons. The molecular weight excluding hydrogens is 487 g/mol. The van der Waals surface area contributed by atoms with Crippen LogP contribution in [0.15, 0.2) is 35.5 Å². The number of hydrogen-bond acceptors (Lipinski definition) is 7. The van der Waals surface area contributed by atoms with Gasteiger partial charge in [-0.05, 0) is 24.3 Å². The van der Waals surface area contributed by atoms with Crippen molar-refractivity contribution in [1.29, 1.82) is 4.78 Å². The lowest BCUT2D eigenvalue weighted by atomic mass is 9.99. The van der Waals surface area contributed by atoms with E-state index in [0.717, 1.165) is 38.8 Å². The number of anilines is 2. The quantitative estimate of drug-likeness (QED) is 0.577. The van der Waals surface area contributed by atoms with E-state index in [2.05, 4.69) is 10.3 Å². The van der Waals surface area contributed by atoms with Crippen LogP contribution in [0.2, 0.25) is 0 Å². The molecule has 8 nitrogen and oxygen atoms in total. The number of halogens is 5. The molecule has 1 fully saturated rings. The molecule has 2 heterocycles. The van der Waals surface area contributed by atoms with E-state index in [1.54, 1.807) is 0 Å². The van der Waals surface area contributed by atoms with Crippen molar-refractivity contribution in [2.24, 2.45) is 0 Å². The molecule has 1 aliphatic rings. The van der Waals surface area contributed by atoms with E-state index in [4.69, 9.17) is 15.6 Å². The molecule has 0 aliphatic carbocycles. The number of nitrogens with zero attached hydrogens (tertiary/aromatic N) is 2. The highest BCUT2D eigenvalue weighted by Gasteiger charge is 2.63. The summed E-state index contributed by atoms with van der Waals surface area (Å²) < 4.78 is 108. The van der Waals surface area contributed by atoms with Crippen molar-refractivity contribution in [2.75, 3.05) is 37.2 Å². The number of amides is 1. The number of alkyl halides is 3. The highest BCUT2D eigenvalue weighted by atomic mass is 32.2. The number of carbonyl (C=O) groups is 1. The Bertz CT molecular complexity index is 1260. The van der Waals surface area contributed by atoms with Crippen LogP contribution < -0.4 is 15.0 Å². The van der Waals surface area contributed by atoms with Crippen LogP contribution in [0.5, 0.6) is 5.75 Å². The first-order valence-electron chi connectivity index (χ1n) is 10.0. The Hall–Kier alpha value is -3.00. The molecule has 0 bridgehead atoms. The minimum atomic E-state index is -5.04. The third kappa shape index (κ3) is 4.64. The van der Waals surface area contributed by atoms with Crippen LogP contribution in [0.25, 0.3) is 0 Å². The van der Waals surface area contributed by atoms with Gasteiger partial charge in [-0.2, -0.15) is 17.6 Å². The summed E-state index contributed by atoms with van der Waals surface area (Å²) >= 11 is 0. The number of pyridine rings is 1. The number of aromatic nitrogens is 1. The number of nitrogens with one attached hydrogen (secondary N) is 2. The van der Waals surface area contributed by atoms with Crippen molar-refractivity contribution >= 4 is 27.0 Å². The first kappa shape index (κ1) is 24.1. The zero-order chi connectivity index (χ0) is 26.4. The first-order chi connectivity index (χ1) is 16.1. The Balaban J connectivity index is 2.14. The molecular formula is C20H21F5N4O4S. The summed E-state index contributed by atoms with van der Waals surface area (Å²) in [5.74, 6) is -4.94. The van der Waals surface area contributed by atoms with Gasteiger partial charge >= 0.3 is 6.18 Å². The zero-order valence-electron chi connectivity index (χ0n) is 19.1. The average Bonchev–Trinajstić information content (AvgIpc) is 3.10. The van der Waals surface area contributed by atoms with E-state index >= 15 is 0 Å². The van der Waals surface area contributed by atoms with Gasteiger partial charge in [0.1, 0.15) is 11.0 Å². The fourth-order valence-corrected chi connectivity index (χ4v) is 4.09. The molecule has 0 spiro atoms. The fraction of sp³-hybridized carbons (Fsp3) is 0.400. The van der Waals surface area contributed by atoms with Gasteiger partial charge in [0.05, 0.1) is 30.4 Å². The van der Waals surface area contributed by atoms with E-state index < -0.39 is 69.5 Å². The lowest BCUT2D eigenvalue weighted by Gasteiger charge is -2.31. The number of methoxy groups -OCH3 is 2. The summed E-state index contributed by atoms with van der Waals surface area (Å²) in [5.41, 5.74) is -3.57. The third-order valence-electron chi connectivity index (χ3n) is 5.28. The predicted molar refractivity (Wildman–Crippen MR) is 112 cm³/mol. The molecule has 1 saturated heterocycles. The smallest absolute Gasteiger partial charge is 0.419 e. The molecule has 34 heavy (non-hydrogen) atoms. The lowest BCUT2D eigenvalue weighted by Crippen LogP contribution is -2.49. The molecule has 1 amide bonds. The van der Waals surface area contributed by atoms with E-state index in [1.165, 1.54) is 6.07 Å². The maximum atomic E-state index is 14.4. The SMILES string of the molecule is [2H][C@@]1(C(=O)Nc2ccnc([S@](C)(=N)=O)c2)C[C@@](OC)(C(F)(F)F)CN1c1ccc(F)c(F)c1OC. The van der Waals surface area contributed by atoms with E-state index in [-0.39, 0.29) is 10.7 Å². The fourth-order valence-electron chi connectivity index (χ4n) is 3.48. The van der Waals surface area contributed by atoms with E-state index in [9.17, 15) is 31.0 Å². The molecule has 2 N–H and O–H groups in total. The van der Waals surface area contributed by atoms with Gasteiger partial charge in [-0.25, -0.2) is 18.4 Å². The largest absolute Gasteiger partial charge is 0.491 e. The van der Waals surface area contributed by atoms with Crippen LogP contribution in [0.4, 0.5) is 33.3 Å². The summed E-state index contributed by atoms with van der Waals surface area (Å²) in [7, 11) is -1.57. The summed E-state index contributed by atoms with van der Waals surface area (Å²) in [6, 6.07) is 1.09. The second-order valence-corrected chi connectivity index (χ2v) is 9.61. The molecule has 14 heteroatoms. The van der Waals surface area contributed by atoms with Crippen molar-refractivity contribution in [3.63, 3.8) is 0 Å². The zero-order valence-corrected chi connectivity index (χ0v) is 18.9. The first-order valence-corrected chi connectivity index (χ1v) is 11.5. The van der Waals surface area contributed by atoms with Crippen LogP contribution in [-0.4, -0.2) is 59.9 Å². The Kier molecular flexibility index (Phi) is 6.38. The Morgan fingerprint density at radius 1 is 1.35 bits per heavy atom. The van der Waals surface area contributed by atoms with Crippen molar-refractivity contribution < 1.29 is 41.8 Å². The molecule has 1 aliphatic heterocycles. The molecule has 1 aromatic heterocycles. The second-order valence-electron chi connectivity index (χ2n) is 7.50. The number of ether oxygens (including phenoxy) is 2. The number of hydrogen-bond donors (Lipinski definition) is 2. The molecule has 3 atom stereocenters. The highest BCUT2D eigenvalue weighted by Crippen LogP contribution is 2.47. The number of benzene rings is 1. The topological polar surface area (TPSA) is 105 Å². The summed E-state index contributed by atoms with van der Waals surface area (Å²) in [5, 5.41) is 2.06. The Labute approximate surface area is 193 Å². The van der Waals surface area contributed by atoms with Gasteiger partial charge in [0.2, 0.25) is 11.7 Å². The molecule has 186 valence electrons. The maximum Gasteiger partial charge on any atom is 0.419 e. The highest BCUT2D eigenvalue weighted by molar-refractivity contribution is 7.91. The van der Waals surface area contributed by atoms with Crippen LogP contribution in [0.1, 0.15) is 7.79 Å². The number of carbonyl (C=O) groups excluding carboxylic acids is 1. The van der Waals surface area contributed by atoms with Crippen molar-refractivity contribution in [2.45, 2.75) is 29.2 Å². The van der Waals surface area contributed by atoms with Crippen molar-refractivity contribution in [3.05, 3.63) is 42.1 Å². The minimum Gasteiger partial charge on any atom is -0.491 e. The second kappa shape index (κ2) is 8.98. The van der Waals surface area contributed by atoms with E-state index in [1.807, 2.05) is 0 Å².